The molecule has 0 amide bonds. The van der Waals surface area contributed by atoms with Crippen LogP contribution in [0.25, 0.3) is 11.1 Å². The topological polar surface area (TPSA) is 0 Å². The fourth-order valence-electron chi connectivity index (χ4n) is 4.61. The number of rotatable bonds is 8. The monoisotopic (exact) mass is 334 g/mol. The zero-order chi connectivity index (χ0) is 17.8. The Morgan fingerprint density at radius 3 is 2.08 bits per heavy atom. The summed E-state index contributed by atoms with van der Waals surface area (Å²) < 4.78 is 0. The SMILES string of the molecule is CCCCCc1c(C)c(C)c2c(c1CCCCC)Cc1ccccc1-2. The van der Waals surface area contributed by atoms with Crippen LogP contribution in [-0.2, 0) is 19.3 Å². The van der Waals surface area contributed by atoms with Gasteiger partial charge in [0.15, 0.2) is 0 Å². The van der Waals surface area contributed by atoms with E-state index in [1.807, 2.05) is 0 Å². The van der Waals surface area contributed by atoms with Crippen molar-refractivity contribution in [3.05, 3.63) is 57.6 Å². The maximum absolute atomic E-state index is 2.38. The van der Waals surface area contributed by atoms with E-state index in [4.69, 9.17) is 0 Å². The van der Waals surface area contributed by atoms with Crippen molar-refractivity contribution in [2.24, 2.45) is 0 Å². The highest BCUT2D eigenvalue weighted by atomic mass is 14.3. The molecule has 0 nitrogen and oxygen atoms in total. The Bertz CT molecular complexity index is 736. The number of fused-ring (bicyclic) bond motifs is 3. The van der Waals surface area contributed by atoms with Crippen molar-refractivity contribution in [3.63, 3.8) is 0 Å². The molecule has 0 radical (unpaired) electrons. The van der Waals surface area contributed by atoms with Crippen molar-refractivity contribution < 1.29 is 0 Å². The van der Waals surface area contributed by atoms with Crippen LogP contribution in [0.2, 0.25) is 0 Å². The van der Waals surface area contributed by atoms with Crippen LogP contribution < -0.4 is 0 Å². The summed E-state index contributed by atoms with van der Waals surface area (Å²) in [7, 11) is 0. The molecule has 0 unspecified atom stereocenters. The van der Waals surface area contributed by atoms with Crippen molar-refractivity contribution in [3.8, 4) is 11.1 Å². The van der Waals surface area contributed by atoms with Gasteiger partial charge in [0.05, 0.1) is 0 Å². The summed E-state index contributed by atoms with van der Waals surface area (Å²) in [5, 5.41) is 0. The minimum atomic E-state index is 1.15. The van der Waals surface area contributed by atoms with Crippen molar-refractivity contribution in [2.75, 3.05) is 0 Å². The van der Waals surface area contributed by atoms with Gasteiger partial charge in [-0.2, -0.15) is 0 Å². The van der Waals surface area contributed by atoms with Gasteiger partial charge in [0.25, 0.3) is 0 Å². The molecule has 2 aromatic carbocycles. The van der Waals surface area contributed by atoms with Gasteiger partial charge < -0.3 is 0 Å². The Labute approximate surface area is 154 Å². The van der Waals surface area contributed by atoms with E-state index in [9.17, 15) is 0 Å². The molecule has 0 fully saturated rings. The van der Waals surface area contributed by atoms with Crippen LogP contribution >= 0.6 is 0 Å². The molecule has 1 aliphatic rings. The van der Waals surface area contributed by atoms with Gasteiger partial charge in [0.1, 0.15) is 0 Å². The predicted molar refractivity (Wildman–Crippen MR) is 111 cm³/mol. The molecule has 0 N–H and O–H groups in total. The van der Waals surface area contributed by atoms with Crippen LogP contribution in [-0.4, -0.2) is 0 Å². The zero-order valence-corrected chi connectivity index (χ0v) is 16.7. The van der Waals surface area contributed by atoms with Crippen molar-refractivity contribution in [1.82, 2.24) is 0 Å². The van der Waals surface area contributed by atoms with E-state index in [2.05, 4.69) is 52.0 Å². The summed E-state index contributed by atoms with van der Waals surface area (Å²) in [5.41, 5.74) is 12.7. The largest absolute Gasteiger partial charge is 0.0654 e. The lowest BCUT2D eigenvalue weighted by Gasteiger charge is -2.21. The fourth-order valence-corrected chi connectivity index (χ4v) is 4.61. The van der Waals surface area contributed by atoms with E-state index in [0.29, 0.717) is 0 Å². The highest BCUT2D eigenvalue weighted by Crippen LogP contribution is 2.44. The third-order valence-electron chi connectivity index (χ3n) is 6.14. The second kappa shape index (κ2) is 8.21. The molecular formula is C25H34. The number of hydrogen-bond acceptors (Lipinski definition) is 0. The second-order valence-corrected chi connectivity index (χ2v) is 7.81. The maximum atomic E-state index is 2.38. The first-order valence-electron chi connectivity index (χ1n) is 10.4. The highest BCUT2D eigenvalue weighted by Gasteiger charge is 2.26. The van der Waals surface area contributed by atoms with Gasteiger partial charge in [-0.1, -0.05) is 63.8 Å². The van der Waals surface area contributed by atoms with Crippen molar-refractivity contribution in [2.45, 2.75) is 85.5 Å². The third kappa shape index (κ3) is 3.54. The van der Waals surface area contributed by atoms with Gasteiger partial charge in [-0.3, -0.25) is 0 Å². The lowest BCUT2D eigenvalue weighted by atomic mass is 9.83. The average molecular weight is 335 g/mol. The van der Waals surface area contributed by atoms with Gasteiger partial charge in [-0.15, -0.1) is 0 Å². The summed E-state index contributed by atoms with van der Waals surface area (Å²) >= 11 is 0. The lowest BCUT2D eigenvalue weighted by Crippen LogP contribution is -2.06. The molecule has 2 aromatic rings. The third-order valence-corrected chi connectivity index (χ3v) is 6.14. The van der Waals surface area contributed by atoms with Gasteiger partial charge in [0.2, 0.25) is 0 Å². The summed E-state index contributed by atoms with van der Waals surface area (Å²) in [6, 6.07) is 9.07. The molecule has 0 heteroatoms. The van der Waals surface area contributed by atoms with Gasteiger partial charge in [-0.05, 0) is 90.5 Å². The average Bonchev–Trinajstić information content (AvgIpc) is 3.01. The molecule has 0 heterocycles. The lowest BCUT2D eigenvalue weighted by molar-refractivity contribution is 0.688. The van der Waals surface area contributed by atoms with E-state index < -0.39 is 0 Å². The first-order valence-corrected chi connectivity index (χ1v) is 10.4. The summed E-state index contributed by atoms with van der Waals surface area (Å²) in [5.74, 6) is 0. The summed E-state index contributed by atoms with van der Waals surface area (Å²) in [6.45, 7) is 9.35. The van der Waals surface area contributed by atoms with Gasteiger partial charge in [-0.25, -0.2) is 0 Å². The summed E-state index contributed by atoms with van der Waals surface area (Å²) in [6.07, 6.45) is 11.7. The minimum absolute atomic E-state index is 1.15. The molecule has 1 aliphatic carbocycles. The van der Waals surface area contributed by atoms with Crippen LogP contribution in [0, 0.1) is 13.8 Å². The fraction of sp³-hybridized carbons (Fsp3) is 0.520. The molecule has 25 heavy (non-hydrogen) atoms. The Morgan fingerprint density at radius 1 is 0.760 bits per heavy atom. The van der Waals surface area contributed by atoms with E-state index >= 15 is 0 Å². The molecule has 0 saturated carbocycles. The molecule has 0 aromatic heterocycles. The maximum Gasteiger partial charge on any atom is -0.00105 e. The van der Waals surface area contributed by atoms with E-state index in [0.717, 1.165) is 6.42 Å². The van der Waals surface area contributed by atoms with Crippen LogP contribution in [0.1, 0.15) is 85.8 Å². The standard InChI is InChI=1S/C25H34/c1-5-7-9-14-21-18(3)19(4)25-22-15-12-11-13-20(22)17-24(25)23(21)16-10-8-6-2/h11-13,15H,5-10,14,16-17H2,1-4H3. The quantitative estimate of drug-likeness (QED) is 0.378. The van der Waals surface area contributed by atoms with Crippen LogP contribution in [0.15, 0.2) is 24.3 Å². The zero-order valence-electron chi connectivity index (χ0n) is 16.7. The number of hydrogen-bond donors (Lipinski definition) is 0. The Hall–Kier alpha value is -1.56. The molecule has 3 rings (SSSR count). The van der Waals surface area contributed by atoms with Gasteiger partial charge in [0, 0.05) is 0 Å². The number of unbranched alkanes of at least 4 members (excludes halogenated alkanes) is 4. The van der Waals surface area contributed by atoms with Crippen LogP contribution in [0.5, 0.6) is 0 Å². The van der Waals surface area contributed by atoms with E-state index in [-0.39, 0.29) is 0 Å². The van der Waals surface area contributed by atoms with Crippen LogP contribution in [0.4, 0.5) is 0 Å². The second-order valence-electron chi connectivity index (χ2n) is 7.81. The highest BCUT2D eigenvalue weighted by molar-refractivity contribution is 5.82. The Kier molecular flexibility index (Phi) is 5.99. The van der Waals surface area contributed by atoms with Gasteiger partial charge >= 0.3 is 0 Å². The molecule has 134 valence electrons. The first-order chi connectivity index (χ1) is 12.2. The Morgan fingerprint density at radius 2 is 1.40 bits per heavy atom. The minimum Gasteiger partial charge on any atom is -0.0654 e. The smallest absolute Gasteiger partial charge is 0.00105 e. The first kappa shape index (κ1) is 18.2. The van der Waals surface area contributed by atoms with Crippen LogP contribution in [0.3, 0.4) is 0 Å². The predicted octanol–water partition coefficient (Wildman–Crippen LogP) is 7.34. The molecule has 0 atom stereocenters. The molecule has 0 aliphatic heterocycles. The van der Waals surface area contributed by atoms with E-state index in [1.165, 1.54) is 68.1 Å². The molecular weight excluding hydrogens is 300 g/mol. The summed E-state index contributed by atoms with van der Waals surface area (Å²) in [4.78, 5) is 0. The van der Waals surface area contributed by atoms with E-state index in [1.54, 1.807) is 27.8 Å². The molecule has 0 spiro atoms. The molecule has 0 bridgehead atoms. The normalized spacial score (nSPS) is 12.3. The van der Waals surface area contributed by atoms with Crippen molar-refractivity contribution >= 4 is 0 Å². The number of benzene rings is 2. The Balaban J connectivity index is 2.07. The van der Waals surface area contributed by atoms with Crippen molar-refractivity contribution in [1.29, 1.82) is 0 Å². The molecule has 0 saturated heterocycles.